The molecule has 0 saturated carbocycles. The molecule has 1 aliphatic heterocycles. The summed E-state index contributed by atoms with van der Waals surface area (Å²) in [7, 11) is 3.30. The van der Waals surface area contributed by atoms with Crippen molar-refractivity contribution in [2.75, 3.05) is 20.8 Å². The molecule has 3 unspecified atom stereocenters. The summed E-state index contributed by atoms with van der Waals surface area (Å²) in [5.74, 6) is 1.50. The van der Waals surface area contributed by atoms with Gasteiger partial charge in [0.2, 0.25) is 0 Å². The van der Waals surface area contributed by atoms with Crippen LogP contribution in [-0.2, 0) is 4.74 Å². The van der Waals surface area contributed by atoms with Crippen molar-refractivity contribution < 1.29 is 14.2 Å². The monoisotopic (exact) mass is 251 g/mol. The van der Waals surface area contributed by atoms with Crippen LogP contribution in [-0.4, -0.2) is 32.9 Å². The fourth-order valence-corrected chi connectivity index (χ4v) is 2.23. The van der Waals surface area contributed by atoms with Crippen LogP contribution in [0.15, 0.2) is 18.2 Å². The highest BCUT2D eigenvalue weighted by Crippen LogP contribution is 2.37. The van der Waals surface area contributed by atoms with Crippen LogP contribution in [0.25, 0.3) is 0 Å². The first kappa shape index (κ1) is 13.2. The molecule has 1 aliphatic rings. The predicted octanol–water partition coefficient (Wildman–Crippen LogP) is 2.14. The number of para-hydroxylation sites is 1. The number of benzene rings is 1. The molecule has 0 radical (unpaired) electrons. The SMILES string of the molecule is COc1cccc(C2CNC(C)C(C)O2)c1OC. The summed E-state index contributed by atoms with van der Waals surface area (Å²) in [6, 6.07) is 6.25. The Kier molecular flexibility index (Phi) is 4.09. The van der Waals surface area contributed by atoms with E-state index >= 15 is 0 Å². The lowest BCUT2D eigenvalue weighted by Crippen LogP contribution is -2.46. The fraction of sp³-hybridized carbons (Fsp3) is 0.571. The summed E-state index contributed by atoms with van der Waals surface area (Å²) < 4.78 is 16.8. The second-order valence-electron chi connectivity index (χ2n) is 4.61. The largest absolute Gasteiger partial charge is 0.493 e. The minimum absolute atomic E-state index is 0.00116. The van der Waals surface area contributed by atoms with Crippen LogP contribution in [0.5, 0.6) is 11.5 Å². The molecule has 18 heavy (non-hydrogen) atoms. The molecule has 0 aliphatic carbocycles. The Balaban J connectivity index is 2.28. The van der Waals surface area contributed by atoms with Gasteiger partial charge in [0.1, 0.15) is 0 Å². The van der Waals surface area contributed by atoms with Crippen molar-refractivity contribution in [1.29, 1.82) is 0 Å². The minimum atomic E-state index is 0.00116. The van der Waals surface area contributed by atoms with E-state index in [1.54, 1.807) is 14.2 Å². The van der Waals surface area contributed by atoms with E-state index in [9.17, 15) is 0 Å². The average molecular weight is 251 g/mol. The molecule has 0 bridgehead atoms. The van der Waals surface area contributed by atoms with Gasteiger partial charge < -0.3 is 19.5 Å². The summed E-state index contributed by atoms with van der Waals surface area (Å²) in [6.45, 7) is 5.00. The Hall–Kier alpha value is -1.26. The van der Waals surface area contributed by atoms with Crippen LogP contribution in [0.4, 0.5) is 0 Å². The highest BCUT2D eigenvalue weighted by atomic mass is 16.5. The lowest BCUT2D eigenvalue weighted by atomic mass is 10.0. The van der Waals surface area contributed by atoms with E-state index in [-0.39, 0.29) is 12.2 Å². The Labute approximate surface area is 108 Å². The first-order chi connectivity index (χ1) is 8.67. The maximum atomic E-state index is 6.03. The number of rotatable bonds is 3. The van der Waals surface area contributed by atoms with Gasteiger partial charge in [-0.05, 0) is 19.9 Å². The van der Waals surface area contributed by atoms with Gasteiger partial charge in [0.25, 0.3) is 0 Å². The smallest absolute Gasteiger partial charge is 0.166 e. The van der Waals surface area contributed by atoms with E-state index in [0.717, 1.165) is 23.6 Å². The summed E-state index contributed by atoms with van der Waals surface area (Å²) >= 11 is 0. The summed E-state index contributed by atoms with van der Waals surface area (Å²) in [5.41, 5.74) is 1.03. The molecule has 4 heteroatoms. The molecule has 0 spiro atoms. The lowest BCUT2D eigenvalue weighted by molar-refractivity contribution is -0.0517. The van der Waals surface area contributed by atoms with E-state index in [0.29, 0.717) is 6.04 Å². The Bertz CT molecular complexity index is 408. The standard InChI is InChI=1S/C14H21NO3/c1-9-10(2)18-13(8-15-9)11-6-5-7-12(16-3)14(11)17-4/h5-7,9-10,13,15H,8H2,1-4H3. The van der Waals surface area contributed by atoms with Crippen molar-refractivity contribution in [2.24, 2.45) is 0 Å². The molecule has 1 fully saturated rings. The third kappa shape index (κ3) is 2.44. The van der Waals surface area contributed by atoms with Crippen LogP contribution in [0.2, 0.25) is 0 Å². The van der Waals surface area contributed by atoms with Crippen molar-refractivity contribution in [3.63, 3.8) is 0 Å². The Morgan fingerprint density at radius 1 is 1.22 bits per heavy atom. The van der Waals surface area contributed by atoms with E-state index in [4.69, 9.17) is 14.2 Å². The lowest BCUT2D eigenvalue weighted by Gasteiger charge is -2.34. The molecule has 1 heterocycles. The number of nitrogens with one attached hydrogen (secondary N) is 1. The summed E-state index contributed by atoms with van der Waals surface area (Å²) in [4.78, 5) is 0. The molecule has 1 saturated heterocycles. The molecule has 0 amide bonds. The Morgan fingerprint density at radius 2 is 2.00 bits per heavy atom. The zero-order valence-electron chi connectivity index (χ0n) is 11.4. The van der Waals surface area contributed by atoms with Crippen LogP contribution in [0.1, 0.15) is 25.5 Å². The highest BCUT2D eigenvalue weighted by Gasteiger charge is 2.28. The molecular weight excluding hydrogens is 230 g/mol. The summed E-state index contributed by atoms with van der Waals surface area (Å²) in [5, 5.41) is 3.45. The van der Waals surface area contributed by atoms with Gasteiger partial charge >= 0.3 is 0 Å². The van der Waals surface area contributed by atoms with Gasteiger partial charge in [0.15, 0.2) is 11.5 Å². The number of ether oxygens (including phenoxy) is 3. The van der Waals surface area contributed by atoms with E-state index < -0.39 is 0 Å². The molecule has 3 atom stereocenters. The van der Waals surface area contributed by atoms with Crippen molar-refractivity contribution in [3.05, 3.63) is 23.8 Å². The second kappa shape index (κ2) is 5.59. The summed E-state index contributed by atoms with van der Waals surface area (Å²) in [6.07, 6.45) is 0.181. The predicted molar refractivity (Wildman–Crippen MR) is 70.3 cm³/mol. The molecule has 1 aromatic rings. The maximum Gasteiger partial charge on any atom is 0.166 e. The van der Waals surface area contributed by atoms with Gasteiger partial charge in [-0.15, -0.1) is 0 Å². The average Bonchev–Trinajstić information content (AvgIpc) is 2.40. The molecule has 100 valence electrons. The quantitative estimate of drug-likeness (QED) is 0.893. The Morgan fingerprint density at radius 3 is 2.61 bits per heavy atom. The molecular formula is C14H21NO3. The van der Waals surface area contributed by atoms with E-state index in [2.05, 4.69) is 19.2 Å². The first-order valence-corrected chi connectivity index (χ1v) is 6.27. The van der Waals surface area contributed by atoms with Gasteiger partial charge in [-0.2, -0.15) is 0 Å². The van der Waals surface area contributed by atoms with Gasteiger partial charge in [-0.25, -0.2) is 0 Å². The van der Waals surface area contributed by atoms with Gasteiger partial charge in [-0.1, -0.05) is 12.1 Å². The van der Waals surface area contributed by atoms with Crippen molar-refractivity contribution >= 4 is 0 Å². The van der Waals surface area contributed by atoms with Crippen LogP contribution in [0, 0.1) is 0 Å². The second-order valence-corrected chi connectivity index (χ2v) is 4.61. The van der Waals surface area contributed by atoms with Crippen molar-refractivity contribution in [2.45, 2.75) is 32.1 Å². The van der Waals surface area contributed by atoms with Crippen molar-refractivity contribution in [3.8, 4) is 11.5 Å². The van der Waals surface area contributed by atoms with Crippen LogP contribution >= 0.6 is 0 Å². The number of morpholine rings is 1. The normalized spacial score (nSPS) is 27.9. The zero-order chi connectivity index (χ0) is 13.1. The first-order valence-electron chi connectivity index (χ1n) is 6.27. The van der Waals surface area contributed by atoms with Gasteiger partial charge in [0.05, 0.1) is 26.4 Å². The maximum absolute atomic E-state index is 6.03. The van der Waals surface area contributed by atoms with Crippen LogP contribution in [0.3, 0.4) is 0 Å². The molecule has 2 rings (SSSR count). The van der Waals surface area contributed by atoms with Crippen LogP contribution < -0.4 is 14.8 Å². The number of hydrogen-bond acceptors (Lipinski definition) is 4. The third-order valence-electron chi connectivity index (χ3n) is 3.49. The van der Waals surface area contributed by atoms with Gasteiger partial charge in [0, 0.05) is 18.2 Å². The van der Waals surface area contributed by atoms with E-state index in [1.807, 2.05) is 18.2 Å². The van der Waals surface area contributed by atoms with E-state index in [1.165, 1.54) is 0 Å². The molecule has 0 aromatic heterocycles. The zero-order valence-corrected chi connectivity index (χ0v) is 11.4. The topological polar surface area (TPSA) is 39.7 Å². The third-order valence-corrected chi connectivity index (χ3v) is 3.49. The molecule has 1 aromatic carbocycles. The fourth-order valence-electron chi connectivity index (χ4n) is 2.23. The molecule has 4 nitrogen and oxygen atoms in total. The van der Waals surface area contributed by atoms with Gasteiger partial charge in [-0.3, -0.25) is 0 Å². The minimum Gasteiger partial charge on any atom is -0.493 e. The van der Waals surface area contributed by atoms with Crippen molar-refractivity contribution in [1.82, 2.24) is 5.32 Å². The highest BCUT2D eigenvalue weighted by molar-refractivity contribution is 5.47. The molecule has 1 N–H and O–H groups in total. The number of hydrogen-bond donors (Lipinski definition) is 1. The number of methoxy groups -OCH3 is 2.